The van der Waals surface area contributed by atoms with Crippen LogP contribution in [0.3, 0.4) is 0 Å². The standard InChI is InChI=1S/C22H22FN3O3/c1-28-18-4-3-5-19(29-2)21(18)22(27)26-20-11-10-17(14-25-20)24-13-12-15-6-8-16(23)9-7-15/h3-11,14,24H,12-13H2,1-2H3,(H,25,26,27). The summed E-state index contributed by atoms with van der Waals surface area (Å²) < 4.78 is 23.4. The fourth-order valence-electron chi connectivity index (χ4n) is 2.83. The van der Waals surface area contributed by atoms with E-state index in [4.69, 9.17) is 9.47 Å². The third-order valence-corrected chi connectivity index (χ3v) is 4.32. The molecule has 0 saturated carbocycles. The summed E-state index contributed by atoms with van der Waals surface area (Å²) in [6, 6.07) is 15.1. The van der Waals surface area contributed by atoms with E-state index in [2.05, 4.69) is 15.6 Å². The molecule has 0 aliphatic carbocycles. The second-order valence-corrected chi connectivity index (χ2v) is 6.23. The van der Waals surface area contributed by atoms with Gasteiger partial charge in [0.1, 0.15) is 28.7 Å². The number of aromatic nitrogens is 1. The second kappa shape index (κ2) is 9.54. The van der Waals surface area contributed by atoms with Gasteiger partial charge in [-0.2, -0.15) is 0 Å². The van der Waals surface area contributed by atoms with Crippen LogP contribution in [0.2, 0.25) is 0 Å². The molecule has 2 aromatic carbocycles. The molecular formula is C22H22FN3O3. The van der Waals surface area contributed by atoms with Crippen molar-refractivity contribution in [2.75, 3.05) is 31.4 Å². The molecule has 0 atom stereocenters. The number of anilines is 2. The number of pyridine rings is 1. The molecule has 150 valence electrons. The summed E-state index contributed by atoms with van der Waals surface area (Å²) in [5.74, 6) is 0.631. The Labute approximate surface area is 168 Å². The fraction of sp³-hybridized carbons (Fsp3) is 0.182. The molecule has 2 N–H and O–H groups in total. The maximum absolute atomic E-state index is 12.9. The molecule has 1 heterocycles. The number of nitrogens with zero attached hydrogens (tertiary/aromatic N) is 1. The molecule has 29 heavy (non-hydrogen) atoms. The van der Waals surface area contributed by atoms with Crippen LogP contribution in [0.15, 0.2) is 60.8 Å². The van der Waals surface area contributed by atoms with Gasteiger partial charge in [0.2, 0.25) is 0 Å². The van der Waals surface area contributed by atoms with E-state index >= 15 is 0 Å². The number of benzene rings is 2. The van der Waals surface area contributed by atoms with Gasteiger partial charge in [0.25, 0.3) is 5.91 Å². The first-order valence-corrected chi connectivity index (χ1v) is 9.07. The zero-order chi connectivity index (χ0) is 20.6. The molecule has 6 nitrogen and oxygen atoms in total. The number of rotatable bonds is 8. The summed E-state index contributed by atoms with van der Waals surface area (Å²) in [6.45, 7) is 0.678. The molecule has 3 rings (SSSR count). The first-order valence-electron chi connectivity index (χ1n) is 9.07. The van der Waals surface area contributed by atoms with Gasteiger partial charge in [0, 0.05) is 6.54 Å². The highest BCUT2D eigenvalue weighted by Crippen LogP contribution is 2.28. The topological polar surface area (TPSA) is 72.5 Å². The molecule has 0 aliphatic rings. The SMILES string of the molecule is COc1cccc(OC)c1C(=O)Nc1ccc(NCCc2ccc(F)cc2)cn1. The summed E-state index contributed by atoms with van der Waals surface area (Å²) in [5.41, 5.74) is 2.17. The normalized spacial score (nSPS) is 10.3. The Morgan fingerprint density at radius 3 is 2.28 bits per heavy atom. The summed E-state index contributed by atoms with van der Waals surface area (Å²) in [5, 5.41) is 6.00. The number of ether oxygens (including phenoxy) is 2. The van der Waals surface area contributed by atoms with Crippen molar-refractivity contribution >= 4 is 17.4 Å². The van der Waals surface area contributed by atoms with E-state index < -0.39 is 0 Å². The zero-order valence-electron chi connectivity index (χ0n) is 16.2. The van der Waals surface area contributed by atoms with Crippen LogP contribution in [0.4, 0.5) is 15.9 Å². The molecule has 0 bridgehead atoms. The van der Waals surface area contributed by atoms with Crippen LogP contribution in [0.25, 0.3) is 0 Å². The van der Waals surface area contributed by atoms with Crippen molar-refractivity contribution < 1.29 is 18.7 Å². The molecular weight excluding hydrogens is 373 g/mol. The monoisotopic (exact) mass is 395 g/mol. The average Bonchev–Trinajstić information content (AvgIpc) is 2.75. The van der Waals surface area contributed by atoms with Crippen LogP contribution >= 0.6 is 0 Å². The van der Waals surface area contributed by atoms with Crippen LogP contribution < -0.4 is 20.1 Å². The highest BCUT2D eigenvalue weighted by molar-refractivity contribution is 6.07. The van der Waals surface area contributed by atoms with Crippen molar-refractivity contribution in [1.82, 2.24) is 4.98 Å². The number of hydrogen-bond acceptors (Lipinski definition) is 5. The van der Waals surface area contributed by atoms with Gasteiger partial charge in [-0.1, -0.05) is 18.2 Å². The van der Waals surface area contributed by atoms with E-state index in [0.717, 1.165) is 17.7 Å². The number of methoxy groups -OCH3 is 2. The van der Waals surface area contributed by atoms with Crippen molar-refractivity contribution in [1.29, 1.82) is 0 Å². The third kappa shape index (κ3) is 5.22. The van der Waals surface area contributed by atoms with Crippen LogP contribution in [0, 0.1) is 5.82 Å². The molecule has 1 aromatic heterocycles. The molecule has 0 fully saturated rings. The summed E-state index contributed by atoms with van der Waals surface area (Å²) >= 11 is 0. The Morgan fingerprint density at radius 1 is 1.00 bits per heavy atom. The van der Waals surface area contributed by atoms with Gasteiger partial charge < -0.3 is 20.1 Å². The number of hydrogen-bond donors (Lipinski definition) is 2. The maximum atomic E-state index is 12.9. The third-order valence-electron chi connectivity index (χ3n) is 4.32. The number of amides is 1. The van der Waals surface area contributed by atoms with E-state index in [1.807, 2.05) is 6.07 Å². The number of carbonyl (C=O) groups excluding carboxylic acids is 1. The van der Waals surface area contributed by atoms with Crippen LogP contribution in [-0.2, 0) is 6.42 Å². The minimum absolute atomic E-state index is 0.241. The lowest BCUT2D eigenvalue weighted by molar-refractivity contribution is 0.102. The highest BCUT2D eigenvalue weighted by Gasteiger charge is 2.18. The van der Waals surface area contributed by atoms with E-state index in [1.54, 1.807) is 42.6 Å². The van der Waals surface area contributed by atoms with Gasteiger partial charge in [-0.15, -0.1) is 0 Å². The largest absolute Gasteiger partial charge is 0.496 e. The molecule has 3 aromatic rings. The molecule has 0 aliphatic heterocycles. The molecule has 0 unspecified atom stereocenters. The lowest BCUT2D eigenvalue weighted by Gasteiger charge is -2.13. The summed E-state index contributed by atoms with van der Waals surface area (Å²) in [7, 11) is 2.99. The first kappa shape index (κ1) is 20.1. The number of nitrogens with one attached hydrogen (secondary N) is 2. The van der Waals surface area contributed by atoms with E-state index in [9.17, 15) is 9.18 Å². The Morgan fingerprint density at radius 2 is 1.69 bits per heavy atom. The Kier molecular flexibility index (Phi) is 6.63. The predicted molar refractivity (Wildman–Crippen MR) is 110 cm³/mol. The van der Waals surface area contributed by atoms with Gasteiger partial charge in [-0.3, -0.25) is 4.79 Å². The maximum Gasteiger partial charge on any atom is 0.264 e. The highest BCUT2D eigenvalue weighted by atomic mass is 19.1. The Hall–Kier alpha value is -3.61. The van der Waals surface area contributed by atoms with Crippen LogP contribution in [0.1, 0.15) is 15.9 Å². The van der Waals surface area contributed by atoms with Gasteiger partial charge >= 0.3 is 0 Å². The van der Waals surface area contributed by atoms with E-state index in [1.165, 1.54) is 26.4 Å². The van der Waals surface area contributed by atoms with Crippen molar-refractivity contribution in [2.45, 2.75) is 6.42 Å². The van der Waals surface area contributed by atoms with Crippen molar-refractivity contribution in [3.63, 3.8) is 0 Å². The van der Waals surface area contributed by atoms with E-state index in [-0.39, 0.29) is 11.7 Å². The van der Waals surface area contributed by atoms with Gasteiger partial charge in [0.05, 0.1) is 26.1 Å². The van der Waals surface area contributed by atoms with Crippen LogP contribution in [-0.4, -0.2) is 31.7 Å². The minimum Gasteiger partial charge on any atom is -0.496 e. The quantitative estimate of drug-likeness (QED) is 0.600. The van der Waals surface area contributed by atoms with E-state index in [0.29, 0.717) is 29.4 Å². The lowest BCUT2D eigenvalue weighted by atomic mass is 10.1. The van der Waals surface area contributed by atoms with Crippen molar-refractivity contribution in [3.05, 3.63) is 77.7 Å². The molecule has 1 amide bonds. The molecule has 0 spiro atoms. The number of halogens is 1. The molecule has 0 saturated heterocycles. The predicted octanol–water partition coefficient (Wildman–Crippen LogP) is 4.14. The second-order valence-electron chi connectivity index (χ2n) is 6.23. The van der Waals surface area contributed by atoms with Crippen molar-refractivity contribution in [2.24, 2.45) is 0 Å². The number of carbonyl (C=O) groups is 1. The Balaban J connectivity index is 1.59. The molecule has 0 radical (unpaired) electrons. The lowest BCUT2D eigenvalue weighted by Crippen LogP contribution is -2.15. The average molecular weight is 395 g/mol. The van der Waals surface area contributed by atoms with Crippen LogP contribution in [0.5, 0.6) is 11.5 Å². The zero-order valence-corrected chi connectivity index (χ0v) is 16.2. The fourth-order valence-corrected chi connectivity index (χ4v) is 2.83. The van der Waals surface area contributed by atoms with Crippen molar-refractivity contribution in [3.8, 4) is 11.5 Å². The van der Waals surface area contributed by atoms with Gasteiger partial charge in [-0.25, -0.2) is 9.37 Å². The Bertz CT molecular complexity index is 938. The first-order chi connectivity index (χ1) is 14.1. The van der Waals surface area contributed by atoms with Gasteiger partial charge in [0.15, 0.2) is 0 Å². The van der Waals surface area contributed by atoms with Gasteiger partial charge in [-0.05, 0) is 48.4 Å². The summed E-state index contributed by atoms with van der Waals surface area (Å²) in [6.07, 6.45) is 2.39. The minimum atomic E-state index is -0.371. The summed E-state index contributed by atoms with van der Waals surface area (Å²) in [4.78, 5) is 16.9. The molecule has 7 heteroatoms. The smallest absolute Gasteiger partial charge is 0.264 e.